The van der Waals surface area contributed by atoms with E-state index >= 15 is 0 Å². The number of fused-ring (bicyclic) bond motifs is 2. The third kappa shape index (κ3) is 11.1. The van der Waals surface area contributed by atoms with Crippen molar-refractivity contribution in [3.8, 4) is 17.2 Å². The van der Waals surface area contributed by atoms with Crippen LogP contribution in [0.5, 0.6) is 0 Å². The lowest BCUT2D eigenvalue weighted by molar-refractivity contribution is 0.530. The van der Waals surface area contributed by atoms with Crippen LogP contribution in [0.3, 0.4) is 0 Å². The van der Waals surface area contributed by atoms with Crippen molar-refractivity contribution in [3.05, 3.63) is 114 Å². The van der Waals surface area contributed by atoms with E-state index < -0.39 is 0 Å². The molecule has 0 saturated heterocycles. The summed E-state index contributed by atoms with van der Waals surface area (Å²) in [6, 6.07) is 35.2. The number of nitriles is 1. The Morgan fingerprint density at radius 1 is 0.640 bits per heavy atom. The highest BCUT2D eigenvalue weighted by Crippen LogP contribution is 2.48. The van der Waals surface area contributed by atoms with E-state index in [1.807, 2.05) is 17.8 Å². The number of hydrogen-bond donors (Lipinski definition) is 0. The van der Waals surface area contributed by atoms with Crippen LogP contribution < -0.4 is 4.90 Å². The molecule has 0 radical (unpaired) electrons. The summed E-state index contributed by atoms with van der Waals surface area (Å²) in [6.45, 7) is 7.19. The van der Waals surface area contributed by atoms with E-state index in [0.717, 1.165) is 23.2 Å². The van der Waals surface area contributed by atoms with Gasteiger partial charge in [0.1, 0.15) is 0 Å². The second kappa shape index (κ2) is 20.8. The van der Waals surface area contributed by atoms with Crippen molar-refractivity contribution in [3.63, 3.8) is 0 Å². The average molecular weight is 683 g/mol. The van der Waals surface area contributed by atoms with Crippen LogP contribution >= 0.6 is 11.8 Å². The lowest BCUT2D eigenvalue weighted by Crippen LogP contribution is -2.22. The maximum atomic E-state index is 10.2. The lowest BCUT2D eigenvalue weighted by atomic mass is 9.91. The summed E-state index contributed by atoms with van der Waals surface area (Å²) in [5.41, 5.74) is 8.37. The summed E-state index contributed by atoms with van der Waals surface area (Å²) in [6.07, 6.45) is 24.8. The van der Waals surface area contributed by atoms with Gasteiger partial charge in [-0.05, 0) is 64.9 Å². The molecular formula is C47H58N2S. The highest BCUT2D eigenvalue weighted by atomic mass is 32.2. The Labute approximate surface area is 308 Å². The molecule has 0 bridgehead atoms. The standard InChI is InChI=1S/C47H58N2S/c1-3-5-6-7-8-9-10-11-12-13-14-15-16-17-18-21-34-49-44-22-19-20-23-46(44)50-47-36-39(26-33-45(47)49)35-43(37-48)42-31-29-41(30-32-42)40-27-24-38(4-2)25-28-40/h4,19-20,22-33,36,43H,2-3,5-18,21,34-35H2,1H3. The van der Waals surface area contributed by atoms with Crippen molar-refractivity contribution in [1.29, 1.82) is 5.26 Å². The van der Waals surface area contributed by atoms with Crippen LogP contribution in [0.4, 0.5) is 11.4 Å². The molecule has 0 aromatic heterocycles. The van der Waals surface area contributed by atoms with Crippen molar-refractivity contribution >= 4 is 29.2 Å². The van der Waals surface area contributed by atoms with Gasteiger partial charge < -0.3 is 4.90 Å². The summed E-state index contributed by atoms with van der Waals surface area (Å²) in [5, 5.41) is 10.2. The molecule has 0 aliphatic carbocycles. The Morgan fingerprint density at radius 2 is 1.18 bits per heavy atom. The van der Waals surface area contributed by atoms with E-state index in [1.54, 1.807) is 0 Å². The molecule has 5 rings (SSSR count). The van der Waals surface area contributed by atoms with Crippen molar-refractivity contribution < 1.29 is 0 Å². The summed E-state index contributed by atoms with van der Waals surface area (Å²) in [5.74, 6) is -0.188. The van der Waals surface area contributed by atoms with Gasteiger partial charge >= 0.3 is 0 Å². The van der Waals surface area contributed by atoms with Crippen LogP contribution in [0.1, 0.15) is 132 Å². The Hall–Kier alpha value is -3.74. The van der Waals surface area contributed by atoms with Gasteiger partial charge in [0.2, 0.25) is 0 Å². The Balaban J connectivity index is 1.08. The second-order valence-corrected chi connectivity index (χ2v) is 15.2. The fourth-order valence-electron chi connectivity index (χ4n) is 7.26. The van der Waals surface area contributed by atoms with Gasteiger partial charge in [-0.15, -0.1) is 0 Å². The average Bonchev–Trinajstić information content (AvgIpc) is 3.16. The van der Waals surface area contributed by atoms with Gasteiger partial charge in [-0.2, -0.15) is 5.26 Å². The minimum atomic E-state index is -0.188. The summed E-state index contributed by atoms with van der Waals surface area (Å²) in [7, 11) is 0. The maximum Gasteiger partial charge on any atom is 0.0753 e. The molecule has 4 aromatic carbocycles. The molecule has 2 nitrogen and oxygen atoms in total. The first-order valence-electron chi connectivity index (χ1n) is 19.6. The van der Waals surface area contributed by atoms with Gasteiger partial charge in [0.25, 0.3) is 0 Å². The molecular weight excluding hydrogens is 625 g/mol. The fourth-order valence-corrected chi connectivity index (χ4v) is 8.42. The van der Waals surface area contributed by atoms with Gasteiger partial charge in [0.05, 0.1) is 23.4 Å². The number of unbranched alkanes of at least 4 members (excludes halogenated alkanes) is 15. The van der Waals surface area contributed by atoms with Gasteiger partial charge in [-0.1, -0.05) is 194 Å². The first-order valence-corrected chi connectivity index (χ1v) is 20.4. The minimum Gasteiger partial charge on any atom is -0.340 e. The summed E-state index contributed by atoms with van der Waals surface area (Å²) < 4.78 is 0. The van der Waals surface area contributed by atoms with Crippen molar-refractivity contribution in [2.24, 2.45) is 0 Å². The number of rotatable bonds is 22. The predicted molar refractivity (Wildman–Crippen MR) is 218 cm³/mol. The van der Waals surface area contributed by atoms with E-state index in [2.05, 4.69) is 115 Å². The molecule has 0 N–H and O–H groups in total. The number of para-hydroxylation sites is 1. The van der Waals surface area contributed by atoms with E-state index in [-0.39, 0.29) is 5.92 Å². The summed E-state index contributed by atoms with van der Waals surface area (Å²) in [4.78, 5) is 5.16. The normalized spacial score (nSPS) is 12.6. The molecule has 3 heteroatoms. The smallest absolute Gasteiger partial charge is 0.0753 e. The van der Waals surface area contributed by atoms with Crippen LogP contribution in [0.15, 0.2) is 107 Å². The quantitative estimate of drug-likeness (QED) is 0.0772. The number of benzene rings is 4. The zero-order chi connectivity index (χ0) is 34.8. The highest BCUT2D eigenvalue weighted by Gasteiger charge is 2.24. The van der Waals surface area contributed by atoms with Gasteiger partial charge in [0.15, 0.2) is 0 Å². The zero-order valence-corrected chi connectivity index (χ0v) is 31.4. The topological polar surface area (TPSA) is 27.0 Å². The summed E-state index contributed by atoms with van der Waals surface area (Å²) >= 11 is 1.87. The third-order valence-electron chi connectivity index (χ3n) is 10.3. The molecule has 262 valence electrons. The molecule has 4 aromatic rings. The predicted octanol–water partition coefficient (Wildman–Crippen LogP) is 14.7. The number of anilines is 2. The molecule has 1 unspecified atom stereocenters. The van der Waals surface area contributed by atoms with Crippen LogP contribution in [-0.2, 0) is 6.42 Å². The molecule has 0 fully saturated rings. The number of nitrogens with zero attached hydrogens (tertiary/aromatic N) is 2. The SMILES string of the molecule is C=Cc1ccc(-c2ccc(C(C#N)Cc3ccc4c(c3)Sc3ccccc3N4CCCCCCCCCCCCCCCCCC)cc2)cc1. The van der Waals surface area contributed by atoms with Crippen LogP contribution in [0.25, 0.3) is 17.2 Å². The number of hydrogen-bond acceptors (Lipinski definition) is 3. The van der Waals surface area contributed by atoms with Gasteiger partial charge in [0, 0.05) is 16.3 Å². The first-order chi connectivity index (χ1) is 24.7. The fraction of sp³-hybridized carbons (Fsp3) is 0.426. The third-order valence-corrected chi connectivity index (χ3v) is 11.4. The molecule has 0 amide bonds. The van der Waals surface area contributed by atoms with Gasteiger partial charge in [-0.3, -0.25) is 0 Å². The molecule has 1 atom stereocenters. The minimum absolute atomic E-state index is 0.188. The molecule has 50 heavy (non-hydrogen) atoms. The molecule has 1 heterocycles. The van der Waals surface area contributed by atoms with E-state index in [4.69, 9.17) is 0 Å². The maximum absolute atomic E-state index is 10.2. The first kappa shape index (κ1) is 37.5. The molecule has 1 aliphatic rings. The molecule has 1 aliphatic heterocycles. The van der Waals surface area contributed by atoms with Crippen molar-refractivity contribution in [1.82, 2.24) is 0 Å². The monoisotopic (exact) mass is 682 g/mol. The molecule has 0 saturated carbocycles. The van der Waals surface area contributed by atoms with Crippen molar-refractivity contribution in [2.45, 2.75) is 132 Å². The Kier molecular flexibility index (Phi) is 15.6. The van der Waals surface area contributed by atoms with E-state index in [1.165, 1.54) is 135 Å². The Bertz CT molecular complexity index is 1630. The van der Waals surface area contributed by atoms with Crippen LogP contribution in [-0.4, -0.2) is 6.54 Å². The zero-order valence-electron chi connectivity index (χ0n) is 30.6. The van der Waals surface area contributed by atoms with E-state index in [0.29, 0.717) is 6.42 Å². The van der Waals surface area contributed by atoms with Crippen LogP contribution in [0, 0.1) is 11.3 Å². The Morgan fingerprint density at radius 3 is 1.76 bits per heavy atom. The molecule has 0 spiro atoms. The van der Waals surface area contributed by atoms with Gasteiger partial charge in [-0.25, -0.2) is 0 Å². The van der Waals surface area contributed by atoms with E-state index in [9.17, 15) is 5.26 Å². The van der Waals surface area contributed by atoms with Crippen LogP contribution in [0.2, 0.25) is 0 Å². The van der Waals surface area contributed by atoms with Crippen molar-refractivity contribution in [2.75, 3.05) is 11.4 Å². The second-order valence-electron chi connectivity index (χ2n) is 14.2. The highest BCUT2D eigenvalue weighted by molar-refractivity contribution is 7.99. The largest absolute Gasteiger partial charge is 0.340 e. The lowest BCUT2D eigenvalue weighted by Gasteiger charge is -2.33.